The number of hydrogen-bond acceptors (Lipinski definition) is 3. The Hall–Kier alpha value is -1.59. The van der Waals surface area contributed by atoms with Gasteiger partial charge in [-0.25, -0.2) is 0 Å². The Labute approximate surface area is 137 Å². The second-order valence-electron chi connectivity index (χ2n) is 5.50. The Bertz CT molecular complexity index is 499. The van der Waals surface area contributed by atoms with Crippen LogP contribution in [0.5, 0.6) is 0 Å². The van der Waals surface area contributed by atoms with Gasteiger partial charge in [0.15, 0.2) is 0 Å². The molecule has 0 aromatic heterocycles. The zero-order valence-corrected chi connectivity index (χ0v) is 13.9. The highest BCUT2D eigenvalue weighted by Gasteiger charge is 2.22. The molecular weight excluding hydrogens is 302 g/mol. The molecule has 0 aliphatic carbocycles. The van der Waals surface area contributed by atoms with E-state index in [9.17, 15) is 9.59 Å². The zero-order valence-electron chi connectivity index (χ0n) is 13.1. The molecule has 5 nitrogen and oxygen atoms in total. The molecule has 1 atom stereocenters. The van der Waals surface area contributed by atoms with E-state index in [1.54, 1.807) is 0 Å². The molecule has 2 N–H and O–H groups in total. The monoisotopic (exact) mass is 325 g/mol. The maximum atomic E-state index is 12.4. The lowest BCUT2D eigenvalue weighted by molar-refractivity contribution is -0.132. The van der Waals surface area contributed by atoms with Gasteiger partial charge in [0.25, 0.3) is 0 Å². The number of aryl methyl sites for hydroxylation is 1. The molecule has 0 saturated carbocycles. The molecule has 6 heteroatoms. The van der Waals surface area contributed by atoms with Gasteiger partial charge in [-0.2, -0.15) is 0 Å². The Morgan fingerprint density at radius 1 is 1.23 bits per heavy atom. The van der Waals surface area contributed by atoms with Gasteiger partial charge in [0.2, 0.25) is 11.8 Å². The predicted octanol–water partition coefficient (Wildman–Crippen LogP) is 1.42. The van der Waals surface area contributed by atoms with Crippen molar-refractivity contribution in [3.63, 3.8) is 0 Å². The predicted molar refractivity (Wildman–Crippen MR) is 89.1 cm³/mol. The van der Waals surface area contributed by atoms with Crippen LogP contribution in [-0.4, -0.2) is 42.9 Å². The summed E-state index contributed by atoms with van der Waals surface area (Å²) in [5, 5.41) is 6.11. The number of nitrogens with zero attached hydrogens (tertiary/aromatic N) is 1. The van der Waals surface area contributed by atoms with Crippen molar-refractivity contribution in [2.75, 3.05) is 26.2 Å². The van der Waals surface area contributed by atoms with Crippen LogP contribution in [0.3, 0.4) is 0 Å². The van der Waals surface area contributed by atoms with E-state index in [2.05, 4.69) is 10.6 Å². The summed E-state index contributed by atoms with van der Waals surface area (Å²) in [5.74, 6) is -0.0236. The minimum absolute atomic E-state index is 0. The summed E-state index contributed by atoms with van der Waals surface area (Å²) < 4.78 is 0. The van der Waals surface area contributed by atoms with Gasteiger partial charge in [-0.3, -0.25) is 9.59 Å². The van der Waals surface area contributed by atoms with E-state index in [0.717, 1.165) is 37.3 Å². The third-order valence-electron chi connectivity index (χ3n) is 3.71. The molecule has 0 radical (unpaired) electrons. The molecular formula is C16H24ClN3O2. The molecule has 1 unspecified atom stereocenters. The highest BCUT2D eigenvalue weighted by atomic mass is 35.5. The summed E-state index contributed by atoms with van der Waals surface area (Å²) in [6.45, 7) is 6.64. The molecule has 1 fully saturated rings. The number of hydrogen-bond donors (Lipinski definition) is 2. The van der Waals surface area contributed by atoms with Gasteiger partial charge in [-0.05, 0) is 12.5 Å². The number of carbonyl (C=O) groups is 2. The first-order valence-electron chi connectivity index (χ1n) is 7.38. The van der Waals surface area contributed by atoms with E-state index in [1.165, 1.54) is 6.92 Å². The van der Waals surface area contributed by atoms with Crippen molar-refractivity contribution in [3.05, 3.63) is 35.4 Å². The fraction of sp³-hybridized carbons (Fsp3) is 0.500. The normalized spacial score (nSPS) is 15.6. The standard InChI is InChI=1S/C16H23N3O2.ClH/c1-12-3-5-14(6-4-12)15(18-13(2)20)11-16(21)19-9-7-17-8-10-19;/h3-6,15,17H,7-11H2,1-2H3,(H,18,20);1H. The van der Waals surface area contributed by atoms with Crippen molar-refractivity contribution in [2.24, 2.45) is 0 Å². The largest absolute Gasteiger partial charge is 0.349 e. The number of amides is 2. The number of nitrogens with one attached hydrogen (secondary N) is 2. The fourth-order valence-corrected chi connectivity index (χ4v) is 2.51. The Morgan fingerprint density at radius 3 is 2.36 bits per heavy atom. The molecule has 1 aromatic rings. The van der Waals surface area contributed by atoms with Crippen molar-refractivity contribution < 1.29 is 9.59 Å². The topological polar surface area (TPSA) is 61.4 Å². The van der Waals surface area contributed by atoms with E-state index >= 15 is 0 Å². The van der Waals surface area contributed by atoms with Crippen LogP contribution in [-0.2, 0) is 9.59 Å². The number of halogens is 1. The van der Waals surface area contributed by atoms with Crippen molar-refractivity contribution in [2.45, 2.75) is 26.3 Å². The second-order valence-corrected chi connectivity index (χ2v) is 5.50. The molecule has 1 aliphatic heterocycles. The van der Waals surface area contributed by atoms with Crippen LogP contribution in [0.4, 0.5) is 0 Å². The minimum atomic E-state index is -0.259. The van der Waals surface area contributed by atoms with Gasteiger partial charge in [0.05, 0.1) is 12.5 Å². The van der Waals surface area contributed by atoms with E-state index in [-0.39, 0.29) is 30.3 Å². The zero-order chi connectivity index (χ0) is 15.2. The molecule has 2 rings (SSSR count). The first kappa shape index (κ1) is 18.5. The number of carbonyl (C=O) groups excluding carboxylic acids is 2. The average molecular weight is 326 g/mol. The van der Waals surface area contributed by atoms with Crippen LogP contribution in [0.1, 0.15) is 30.5 Å². The van der Waals surface area contributed by atoms with Gasteiger partial charge in [0.1, 0.15) is 0 Å². The van der Waals surface area contributed by atoms with Crippen LogP contribution < -0.4 is 10.6 Å². The summed E-state index contributed by atoms with van der Waals surface area (Å²) in [5.41, 5.74) is 2.13. The molecule has 122 valence electrons. The quantitative estimate of drug-likeness (QED) is 0.880. The third kappa shape index (κ3) is 5.31. The summed E-state index contributed by atoms with van der Waals surface area (Å²) in [4.78, 5) is 25.6. The van der Waals surface area contributed by atoms with Crippen molar-refractivity contribution in [1.82, 2.24) is 15.5 Å². The lowest BCUT2D eigenvalue weighted by Gasteiger charge is -2.29. The second kappa shape index (κ2) is 8.76. The Kier molecular flexibility index (Phi) is 7.35. The molecule has 1 aromatic carbocycles. The van der Waals surface area contributed by atoms with E-state index < -0.39 is 0 Å². The van der Waals surface area contributed by atoms with Gasteiger partial charge >= 0.3 is 0 Å². The summed E-state index contributed by atoms with van der Waals surface area (Å²) in [6.07, 6.45) is 0.308. The van der Waals surface area contributed by atoms with Crippen molar-refractivity contribution in [3.8, 4) is 0 Å². The minimum Gasteiger partial charge on any atom is -0.349 e. The molecule has 0 bridgehead atoms. The number of piperazine rings is 1. The molecule has 0 spiro atoms. The van der Waals surface area contributed by atoms with Gasteiger partial charge in [-0.15, -0.1) is 12.4 Å². The number of rotatable bonds is 4. The summed E-state index contributed by atoms with van der Waals surface area (Å²) >= 11 is 0. The lowest BCUT2D eigenvalue weighted by atomic mass is 10.0. The lowest BCUT2D eigenvalue weighted by Crippen LogP contribution is -2.47. The van der Waals surface area contributed by atoms with Crippen molar-refractivity contribution >= 4 is 24.2 Å². The van der Waals surface area contributed by atoms with Gasteiger partial charge < -0.3 is 15.5 Å². The van der Waals surface area contributed by atoms with Gasteiger partial charge in [-0.1, -0.05) is 29.8 Å². The van der Waals surface area contributed by atoms with Crippen LogP contribution in [0, 0.1) is 6.92 Å². The highest BCUT2D eigenvalue weighted by Crippen LogP contribution is 2.19. The SMILES string of the molecule is CC(=O)NC(CC(=O)N1CCNCC1)c1ccc(C)cc1.Cl. The van der Waals surface area contributed by atoms with Crippen LogP contribution >= 0.6 is 12.4 Å². The first-order valence-corrected chi connectivity index (χ1v) is 7.38. The van der Waals surface area contributed by atoms with Crippen molar-refractivity contribution in [1.29, 1.82) is 0 Å². The fourth-order valence-electron chi connectivity index (χ4n) is 2.51. The molecule has 2 amide bonds. The first-order chi connectivity index (χ1) is 10.1. The Morgan fingerprint density at radius 2 is 1.82 bits per heavy atom. The van der Waals surface area contributed by atoms with Gasteiger partial charge in [0, 0.05) is 33.1 Å². The van der Waals surface area contributed by atoms with Crippen LogP contribution in [0.25, 0.3) is 0 Å². The van der Waals surface area contributed by atoms with E-state index in [4.69, 9.17) is 0 Å². The number of benzene rings is 1. The highest BCUT2D eigenvalue weighted by molar-refractivity contribution is 5.85. The third-order valence-corrected chi connectivity index (χ3v) is 3.71. The smallest absolute Gasteiger partial charge is 0.225 e. The average Bonchev–Trinajstić information content (AvgIpc) is 2.48. The molecule has 1 heterocycles. The van der Waals surface area contributed by atoms with E-state index in [0.29, 0.717) is 6.42 Å². The molecule has 1 aliphatic rings. The Balaban J connectivity index is 0.00000242. The molecule has 1 saturated heterocycles. The summed E-state index contributed by atoms with van der Waals surface area (Å²) in [7, 11) is 0. The maximum absolute atomic E-state index is 12.4. The van der Waals surface area contributed by atoms with Crippen LogP contribution in [0.15, 0.2) is 24.3 Å². The van der Waals surface area contributed by atoms with Crippen LogP contribution in [0.2, 0.25) is 0 Å². The maximum Gasteiger partial charge on any atom is 0.225 e. The summed E-state index contributed by atoms with van der Waals surface area (Å²) in [6, 6.07) is 7.69. The van der Waals surface area contributed by atoms with E-state index in [1.807, 2.05) is 36.1 Å². The molecule has 22 heavy (non-hydrogen) atoms.